The van der Waals surface area contributed by atoms with Crippen molar-refractivity contribution in [1.82, 2.24) is 5.32 Å². The number of aromatic hydroxyl groups is 1. The van der Waals surface area contributed by atoms with Crippen molar-refractivity contribution >= 4 is 11.6 Å². The van der Waals surface area contributed by atoms with E-state index in [1.807, 2.05) is 13.0 Å². The Morgan fingerprint density at radius 2 is 2.20 bits per heavy atom. The molecule has 2 N–H and O–H groups in total. The highest BCUT2D eigenvalue weighted by Gasteiger charge is 2.24. The minimum absolute atomic E-state index is 0.248. The van der Waals surface area contributed by atoms with Crippen molar-refractivity contribution in [2.24, 2.45) is 5.92 Å². The largest absolute Gasteiger partial charge is 0.508 e. The SMILES string of the molecule is Cc1cc(O)c(C2CC(C)CN2)cc1Cl. The zero-order valence-corrected chi connectivity index (χ0v) is 9.80. The first-order chi connectivity index (χ1) is 7.08. The van der Waals surface area contributed by atoms with Crippen molar-refractivity contribution in [1.29, 1.82) is 0 Å². The van der Waals surface area contributed by atoms with E-state index in [1.165, 1.54) is 0 Å². The summed E-state index contributed by atoms with van der Waals surface area (Å²) in [6.45, 7) is 5.12. The van der Waals surface area contributed by atoms with Gasteiger partial charge in [0.05, 0.1) is 0 Å². The van der Waals surface area contributed by atoms with Crippen LogP contribution in [0.25, 0.3) is 0 Å². The lowest BCUT2D eigenvalue weighted by Crippen LogP contribution is -2.13. The highest BCUT2D eigenvalue weighted by Crippen LogP contribution is 2.35. The smallest absolute Gasteiger partial charge is 0.120 e. The molecule has 15 heavy (non-hydrogen) atoms. The summed E-state index contributed by atoms with van der Waals surface area (Å²) < 4.78 is 0. The first-order valence-electron chi connectivity index (χ1n) is 5.30. The summed E-state index contributed by atoms with van der Waals surface area (Å²) in [6.07, 6.45) is 1.06. The van der Waals surface area contributed by atoms with Crippen molar-refractivity contribution in [3.63, 3.8) is 0 Å². The first kappa shape index (κ1) is 10.8. The van der Waals surface area contributed by atoms with Crippen LogP contribution in [0.1, 0.15) is 30.5 Å². The third kappa shape index (κ3) is 2.11. The molecular formula is C12H16ClNO. The van der Waals surface area contributed by atoms with Crippen LogP contribution in [0.3, 0.4) is 0 Å². The molecule has 2 unspecified atom stereocenters. The maximum atomic E-state index is 9.86. The minimum atomic E-state index is 0.248. The maximum absolute atomic E-state index is 9.86. The summed E-state index contributed by atoms with van der Waals surface area (Å²) in [7, 11) is 0. The lowest BCUT2D eigenvalue weighted by atomic mass is 9.99. The van der Waals surface area contributed by atoms with Gasteiger partial charge in [-0.25, -0.2) is 0 Å². The second-order valence-corrected chi connectivity index (χ2v) is 4.87. The average Bonchev–Trinajstić information content (AvgIpc) is 2.58. The van der Waals surface area contributed by atoms with Crippen LogP contribution < -0.4 is 5.32 Å². The highest BCUT2D eigenvalue weighted by molar-refractivity contribution is 6.31. The number of halogens is 1. The van der Waals surface area contributed by atoms with Crippen molar-refractivity contribution in [2.75, 3.05) is 6.54 Å². The normalized spacial score (nSPS) is 25.8. The molecule has 0 bridgehead atoms. The van der Waals surface area contributed by atoms with Gasteiger partial charge in [0.1, 0.15) is 5.75 Å². The summed E-state index contributed by atoms with van der Waals surface area (Å²) in [5.41, 5.74) is 1.85. The van der Waals surface area contributed by atoms with Crippen LogP contribution in [0.4, 0.5) is 0 Å². The van der Waals surface area contributed by atoms with E-state index in [1.54, 1.807) is 6.07 Å². The fourth-order valence-electron chi connectivity index (χ4n) is 2.11. The molecule has 2 rings (SSSR count). The van der Waals surface area contributed by atoms with Gasteiger partial charge in [-0.3, -0.25) is 0 Å². The Bertz CT molecular complexity index is 378. The van der Waals surface area contributed by atoms with E-state index in [2.05, 4.69) is 12.2 Å². The lowest BCUT2D eigenvalue weighted by molar-refractivity contribution is 0.455. The zero-order valence-electron chi connectivity index (χ0n) is 9.05. The number of nitrogens with one attached hydrogen (secondary N) is 1. The van der Waals surface area contributed by atoms with E-state index < -0.39 is 0 Å². The predicted molar refractivity (Wildman–Crippen MR) is 62.4 cm³/mol. The number of hydrogen-bond donors (Lipinski definition) is 2. The Hall–Kier alpha value is -0.730. The Morgan fingerprint density at radius 1 is 1.47 bits per heavy atom. The van der Waals surface area contributed by atoms with Gasteiger partial charge in [0.15, 0.2) is 0 Å². The molecule has 1 aliphatic heterocycles. The van der Waals surface area contributed by atoms with Crippen molar-refractivity contribution in [3.8, 4) is 5.75 Å². The van der Waals surface area contributed by atoms with Crippen LogP contribution in [-0.2, 0) is 0 Å². The van der Waals surface area contributed by atoms with Gasteiger partial charge in [-0.15, -0.1) is 0 Å². The number of phenols is 1. The zero-order chi connectivity index (χ0) is 11.0. The molecule has 1 aromatic rings. The molecule has 0 aliphatic carbocycles. The van der Waals surface area contributed by atoms with Crippen molar-refractivity contribution in [3.05, 3.63) is 28.3 Å². The van der Waals surface area contributed by atoms with Crippen LogP contribution >= 0.6 is 11.6 Å². The molecule has 0 spiro atoms. The molecule has 3 heteroatoms. The fourth-order valence-corrected chi connectivity index (χ4v) is 2.28. The Kier molecular flexibility index (Phi) is 2.89. The van der Waals surface area contributed by atoms with Crippen LogP contribution in [0.2, 0.25) is 5.02 Å². The third-order valence-electron chi connectivity index (χ3n) is 3.03. The van der Waals surface area contributed by atoms with Crippen molar-refractivity contribution < 1.29 is 5.11 Å². The number of hydrogen-bond acceptors (Lipinski definition) is 2. The summed E-state index contributed by atoms with van der Waals surface area (Å²) in [6, 6.07) is 3.86. The number of rotatable bonds is 1. The molecule has 1 aromatic carbocycles. The second-order valence-electron chi connectivity index (χ2n) is 4.46. The number of phenolic OH excluding ortho intramolecular Hbond substituents is 1. The van der Waals surface area contributed by atoms with Gasteiger partial charge in [-0.1, -0.05) is 18.5 Å². The molecule has 1 heterocycles. The number of benzene rings is 1. The highest BCUT2D eigenvalue weighted by atomic mass is 35.5. The third-order valence-corrected chi connectivity index (χ3v) is 3.44. The molecule has 2 nitrogen and oxygen atoms in total. The monoisotopic (exact) mass is 225 g/mol. The molecule has 1 fully saturated rings. The van der Waals surface area contributed by atoms with Crippen LogP contribution in [0.15, 0.2) is 12.1 Å². The maximum Gasteiger partial charge on any atom is 0.120 e. The van der Waals surface area contributed by atoms with Crippen molar-refractivity contribution in [2.45, 2.75) is 26.3 Å². The molecule has 2 atom stereocenters. The minimum Gasteiger partial charge on any atom is -0.508 e. The van der Waals surface area contributed by atoms with Gasteiger partial charge in [0, 0.05) is 16.6 Å². The van der Waals surface area contributed by atoms with E-state index in [9.17, 15) is 5.11 Å². The van der Waals surface area contributed by atoms with Crippen LogP contribution in [-0.4, -0.2) is 11.7 Å². The summed E-state index contributed by atoms with van der Waals surface area (Å²) in [5.74, 6) is 1.01. The Morgan fingerprint density at radius 3 is 2.80 bits per heavy atom. The van der Waals surface area contributed by atoms with Gasteiger partial charge in [-0.05, 0) is 43.5 Å². The molecule has 1 saturated heterocycles. The predicted octanol–water partition coefficient (Wildman–Crippen LogP) is 3.02. The summed E-state index contributed by atoms with van der Waals surface area (Å²) >= 11 is 6.06. The van der Waals surface area contributed by atoms with Gasteiger partial charge in [0.25, 0.3) is 0 Å². The van der Waals surface area contributed by atoms with Gasteiger partial charge < -0.3 is 10.4 Å². The van der Waals surface area contributed by atoms with E-state index in [0.29, 0.717) is 11.7 Å². The van der Waals surface area contributed by atoms with Crippen LogP contribution in [0, 0.1) is 12.8 Å². The van der Waals surface area contributed by atoms with E-state index in [0.717, 1.165) is 29.1 Å². The molecule has 0 saturated carbocycles. The quantitative estimate of drug-likeness (QED) is 0.770. The molecular weight excluding hydrogens is 210 g/mol. The van der Waals surface area contributed by atoms with E-state index in [-0.39, 0.29) is 6.04 Å². The molecule has 0 radical (unpaired) electrons. The van der Waals surface area contributed by atoms with E-state index >= 15 is 0 Å². The molecule has 82 valence electrons. The van der Waals surface area contributed by atoms with Gasteiger partial charge >= 0.3 is 0 Å². The first-order valence-corrected chi connectivity index (χ1v) is 5.68. The number of aryl methyl sites for hydroxylation is 1. The van der Waals surface area contributed by atoms with Gasteiger partial charge in [-0.2, -0.15) is 0 Å². The van der Waals surface area contributed by atoms with Gasteiger partial charge in [0.2, 0.25) is 0 Å². The molecule has 0 amide bonds. The summed E-state index contributed by atoms with van der Waals surface area (Å²) in [5, 5.41) is 14.0. The Labute approximate surface area is 95.3 Å². The second kappa shape index (κ2) is 4.03. The molecule has 1 aliphatic rings. The fraction of sp³-hybridized carbons (Fsp3) is 0.500. The van der Waals surface area contributed by atoms with Crippen LogP contribution in [0.5, 0.6) is 5.75 Å². The topological polar surface area (TPSA) is 32.3 Å². The van der Waals surface area contributed by atoms with E-state index in [4.69, 9.17) is 11.6 Å². The standard InChI is InChI=1S/C12H16ClNO/c1-7-3-11(14-6-7)9-5-10(13)8(2)4-12(9)15/h4-5,7,11,14-15H,3,6H2,1-2H3. The lowest BCUT2D eigenvalue weighted by Gasteiger charge is -2.14. The summed E-state index contributed by atoms with van der Waals surface area (Å²) in [4.78, 5) is 0. The Balaban J connectivity index is 2.32. The average molecular weight is 226 g/mol. The molecule has 0 aromatic heterocycles.